The fourth-order valence-electron chi connectivity index (χ4n) is 1.76. The Morgan fingerprint density at radius 3 is 2.26 bits per heavy atom. The molecule has 19 heavy (non-hydrogen) atoms. The summed E-state index contributed by atoms with van der Waals surface area (Å²) < 4.78 is 52.7. The minimum atomic E-state index is -4.59. The van der Waals surface area contributed by atoms with Gasteiger partial charge in [-0.1, -0.05) is 0 Å². The lowest BCUT2D eigenvalue weighted by Crippen LogP contribution is -2.18. The number of nitrogens with zero attached hydrogens (tertiary/aromatic N) is 2. The van der Waals surface area contributed by atoms with Gasteiger partial charge in [0.25, 0.3) is 0 Å². The molecule has 0 saturated carbocycles. The number of alkyl halides is 3. The zero-order valence-corrected chi connectivity index (χ0v) is 9.95. The van der Waals surface area contributed by atoms with Crippen molar-refractivity contribution in [3.8, 4) is 5.69 Å². The van der Waals surface area contributed by atoms with Crippen molar-refractivity contribution in [1.29, 1.82) is 0 Å². The molecule has 7 heteroatoms. The second-order valence-electron chi connectivity index (χ2n) is 4.12. The van der Waals surface area contributed by atoms with E-state index in [0.717, 1.165) is 23.0 Å². The van der Waals surface area contributed by atoms with E-state index in [0.29, 0.717) is 0 Å². The highest BCUT2D eigenvalue weighted by atomic mass is 19.4. The van der Waals surface area contributed by atoms with Crippen LogP contribution >= 0.6 is 0 Å². The van der Waals surface area contributed by atoms with Crippen LogP contribution in [0.4, 0.5) is 17.6 Å². The van der Waals surface area contributed by atoms with Crippen LogP contribution in [0.2, 0.25) is 0 Å². The summed E-state index contributed by atoms with van der Waals surface area (Å²) in [6, 6.07) is 3.79. The van der Waals surface area contributed by atoms with Crippen molar-refractivity contribution in [1.82, 2.24) is 9.78 Å². The van der Waals surface area contributed by atoms with Crippen LogP contribution in [0.15, 0.2) is 30.5 Å². The average Bonchev–Trinajstić information content (AvgIpc) is 2.74. The van der Waals surface area contributed by atoms with Crippen molar-refractivity contribution in [2.45, 2.75) is 19.1 Å². The molecule has 2 N–H and O–H groups in total. The summed E-state index contributed by atoms with van der Waals surface area (Å²) in [7, 11) is 0. The van der Waals surface area contributed by atoms with Crippen LogP contribution in [0.5, 0.6) is 0 Å². The highest BCUT2D eigenvalue weighted by Crippen LogP contribution is 2.35. The molecule has 0 spiro atoms. The molecule has 0 aliphatic heterocycles. The summed E-state index contributed by atoms with van der Waals surface area (Å²) in [5.41, 5.74) is 4.60. The van der Waals surface area contributed by atoms with Gasteiger partial charge in [0.2, 0.25) is 0 Å². The smallest absolute Gasteiger partial charge is 0.324 e. The SMILES string of the molecule is CC(N)c1cnn(-c2ccc(F)cc2)c1C(F)(F)F. The van der Waals surface area contributed by atoms with Crippen molar-refractivity contribution in [2.24, 2.45) is 5.73 Å². The number of aromatic nitrogens is 2. The molecule has 1 unspecified atom stereocenters. The maximum atomic E-state index is 13.1. The topological polar surface area (TPSA) is 43.8 Å². The molecule has 0 fully saturated rings. The van der Waals surface area contributed by atoms with Gasteiger partial charge in [-0.25, -0.2) is 9.07 Å². The van der Waals surface area contributed by atoms with E-state index in [1.165, 1.54) is 19.1 Å². The molecule has 1 atom stereocenters. The number of nitrogens with two attached hydrogens (primary N) is 1. The highest BCUT2D eigenvalue weighted by molar-refractivity contribution is 5.37. The summed E-state index contributed by atoms with van der Waals surface area (Å²) >= 11 is 0. The van der Waals surface area contributed by atoms with E-state index in [-0.39, 0.29) is 11.3 Å². The van der Waals surface area contributed by atoms with Gasteiger partial charge in [-0.15, -0.1) is 0 Å². The first-order valence-corrected chi connectivity index (χ1v) is 5.47. The molecule has 0 aliphatic rings. The summed E-state index contributed by atoms with van der Waals surface area (Å²) in [4.78, 5) is 0. The molecule has 102 valence electrons. The Bertz CT molecular complexity index is 570. The van der Waals surface area contributed by atoms with Gasteiger partial charge in [-0.3, -0.25) is 0 Å². The van der Waals surface area contributed by atoms with Crippen LogP contribution in [0.1, 0.15) is 24.2 Å². The second-order valence-corrected chi connectivity index (χ2v) is 4.12. The van der Waals surface area contributed by atoms with Crippen molar-refractivity contribution >= 4 is 0 Å². The van der Waals surface area contributed by atoms with Gasteiger partial charge in [0.1, 0.15) is 5.82 Å². The summed E-state index contributed by atoms with van der Waals surface area (Å²) in [5.74, 6) is -0.531. The van der Waals surface area contributed by atoms with Crippen molar-refractivity contribution in [3.05, 3.63) is 47.5 Å². The maximum absolute atomic E-state index is 13.1. The van der Waals surface area contributed by atoms with Crippen LogP contribution in [0, 0.1) is 5.82 Å². The van der Waals surface area contributed by atoms with E-state index in [4.69, 9.17) is 5.73 Å². The molecule has 0 aliphatic carbocycles. The molecule has 0 bridgehead atoms. The van der Waals surface area contributed by atoms with Crippen LogP contribution in [0.3, 0.4) is 0 Å². The number of hydrogen-bond donors (Lipinski definition) is 1. The zero-order chi connectivity index (χ0) is 14.2. The van der Waals surface area contributed by atoms with E-state index in [9.17, 15) is 17.6 Å². The van der Waals surface area contributed by atoms with Gasteiger partial charge in [0.15, 0.2) is 5.69 Å². The molecule has 0 amide bonds. The molecule has 0 radical (unpaired) electrons. The highest BCUT2D eigenvalue weighted by Gasteiger charge is 2.39. The van der Waals surface area contributed by atoms with Crippen LogP contribution in [-0.2, 0) is 6.18 Å². The predicted molar refractivity (Wildman–Crippen MR) is 61.1 cm³/mol. The standard InChI is InChI=1S/C12H11F4N3/c1-7(17)10-6-18-19(11(10)12(14,15)16)9-4-2-8(13)3-5-9/h2-7H,17H2,1H3. The van der Waals surface area contributed by atoms with Gasteiger partial charge < -0.3 is 5.73 Å². The lowest BCUT2D eigenvalue weighted by Gasteiger charge is -2.14. The quantitative estimate of drug-likeness (QED) is 0.855. The molecule has 2 rings (SSSR count). The average molecular weight is 273 g/mol. The van der Waals surface area contributed by atoms with E-state index < -0.39 is 23.7 Å². The molecule has 1 aromatic carbocycles. The van der Waals surface area contributed by atoms with Crippen molar-refractivity contribution in [2.75, 3.05) is 0 Å². The third-order valence-corrected chi connectivity index (χ3v) is 2.63. The molecular weight excluding hydrogens is 262 g/mol. The maximum Gasteiger partial charge on any atom is 0.433 e. The number of halogens is 4. The molecular formula is C12H11F4N3. The first-order valence-electron chi connectivity index (χ1n) is 5.47. The Hall–Kier alpha value is -1.89. The van der Waals surface area contributed by atoms with Gasteiger partial charge in [-0.2, -0.15) is 18.3 Å². The van der Waals surface area contributed by atoms with Crippen LogP contribution in [-0.4, -0.2) is 9.78 Å². The third-order valence-electron chi connectivity index (χ3n) is 2.63. The second kappa shape index (κ2) is 4.65. The third kappa shape index (κ3) is 2.60. The summed E-state index contributed by atoms with van der Waals surface area (Å²) in [6.45, 7) is 1.45. The molecule has 3 nitrogen and oxygen atoms in total. The fourth-order valence-corrected chi connectivity index (χ4v) is 1.76. The summed E-state index contributed by atoms with van der Waals surface area (Å²) in [6.07, 6.45) is -3.51. The normalized spacial score (nSPS) is 13.6. The van der Waals surface area contributed by atoms with Crippen molar-refractivity contribution < 1.29 is 17.6 Å². The van der Waals surface area contributed by atoms with Gasteiger partial charge in [-0.05, 0) is 31.2 Å². The Balaban J connectivity index is 2.61. The van der Waals surface area contributed by atoms with E-state index in [2.05, 4.69) is 5.10 Å². The predicted octanol–water partition coefficient (Wildman–Crippen LogP) is 3.05. The summed E-state index contributed by atoms with van der Waals surface area (Å²) in [5, 5.41) is 3.70. The first-order chi connectivity index (χ1) is 8.80. The van der Waals surface area contributed by atoms with Crippen molar-refractivity contribution in [3.63, 3.8) is 0 Å². The molecule has 1 heterocycles. The Morgan fingerprint density at radius 1 is 1.21 bits per heavy atom. The molecule has 0 saturated heterocycles. The van der Waals surface area contributed by atoms with Gasteiger partial charge in [0.05, 0.1) is 11.9 Å². The lowest BCUT2D eigenvalue weighted by molar-refractivity contribution is -0.143. The molecule has 1 aromatic heterocycles. The minimum Gasteiger partial charge on any atom is -0.324 e. The van der Waals surface area contributed by atoms with Crippen LogP contribution < -0.4 is 5.73 Å². The van der Waals surface area contributed by atoms with E-state index in [1.807, 2.05) is 0 Å². The Kier molecular flexibility index (Phi) is 3.32. The Labute approximate surface area is 106 Å². The Morgan fingerprint density at radius 2 is 1.79 bits per heavy atom. The molecule has 2 aromatic rings. The fraction of sp³-hybridized carbons (Fsp3) is 0.250. The van der Waals surface area contributed by atoms with Gasteiger partial charge in [0, 0.05) is 11.6 Å². The number of benzene rings is 1. The zero-order valence-electron chi connectivity index (χ0n) is 9.95. The minimum absolute atomic E-state index is 0.100. The number of rotatable bonds is 2. The lowest BCUT2D eigenvalue weighted by atomic mass is 10.1. The van der Waals surface area contributed by atoms with Gasteiger partial charge >= 0.3 is 6.18 Å². The van der Waals surface area contributed by atoms with E-state index in [1.54, 1.807) is 0 Å². The van der Waals surface area contributed by atoms with E-state index >= 15 is 0 Å². The number of hydrogen-bond acceptors (Lipinski definition) is 2. The largest absolute Gasteiger partial charge is 0.433 e. The monoisotopic (exact) mass is 273 g/mol. The first kappa shape index (κ1) is 13.5. The van der Waals surface area contributed by atoms with Crippen LogP contribution in [0.25, 0.3) is 5.69 Å².